The van der Waals surface area contributed by atoms with Crippen LogP contribution >= 0.6 is 0 Å². The fraction of sp³-hybridized carbons (Fsp3) is 0.588. The van der Waals surface area contributed by atoms with Gasteiger partial charge >= 0.3 is 6.18 Å². The van der Waals surface area contributed by atoms with E-state index in [9.17, 15) is 18.0 Å². The van der Waals surface area contributed by atoms with Crippen molar-refractivity contribution in [2.24, 2.45) is 0 Å². The summed E-state index contributed by atoms with van der Waals surface area (Å²) in [4.78, 5) is 15.3. The number of rotatable bonds is 5. The van der Waals surface area contributed by atoms with Crippen molar-refractivity contribution in [1.82, 2.24) is 10.2 Å². The summed E-state index contributed by atoms with van der Waals surface area (Å²) in [5.74, 6) is 0.0765. The van der Waals surface area contributed by atoms with Crippen LogP contribution in [0.25, 0.3) is 0 Å². The molecule has 1 aromatic rings. The van der Waals surface area contributed by atoms with E-state index in [-0.39, 0.29) is 18.0 Å². The molecule has 4 nitrogen and oxygen atoms in total. The van der Waals surface area contributed by atoms with Crippen molar-refractivity contribution in [3.05, 3.63) is 29.8 Å². The lowest BCUT2D eigenvalue weighted by Crippen LogP contribution is -2.41. The highest BCUT2D eigenvalue weighted by Gasteiger charge is 2.31. The number of carbonyl (C=O) groups is 1. The van der Waals surface area contributed by atoms with Crippen molar-refractivity contribution in [3.63, 3.8) is 0 Å². The van der Waals surface area contributed by atoms with Gasteiger partial charge in [-0.05, 0) is 37.6 Å². The number of amides is 1. The maximum Gasteiger partial charge on any atom is 0.416 e. The van der Waals surface area contributed by atoms with Gasteiger partial charge in [-0.3, -0.25) is 4.79 Å². The lowest BCUT2D eigenvalue weighted by atomic mass is 10.1. The number of anilines is 1. The molecule has 0 aliphatic carbocycles. The Morgan fingerprint density at radius 1 is 1.33 bits per heavy atom. The minimum atomic E-state index is -4.30. The Kier molecular flexibility index (Phi) is 5.74. The van der Waals surface area contributed by atoms with Gasteiger partial charge in [-0.15, -0.1) is 0 Å². The first kappa shape index (κ1) is 18.6. The lowest BCUT2D eigenvalue weighted by molar-refractivity contribution is -0.137. The Morgan fingerprint density at radius 2 is 1.96 bits per heavy atom. The van der Waals surface area contributed by atoms with Crippen molar-refractivity contribution in [1.29, 1.82) is 0 Å². The fourth-order valence-corrected chi connectivity index (χ4v) is 2.90. The summed E-state index contributed by atoms with van der Waals surface area (Å²) in [7, 11) is 3.47. The normalized spacial score (nSPS) is 19.4. The van der Waals surface area contributed by atoms with Crippen LogP contribution in [0, 0.1) is 0 Å². The summed E-state index contributed by atoms with van der Waals surface area (Å²) in [5, 5.41) is 3.43. The van der Waals surface area contributed by atoms with Crippen LogP contribution in [-0.2, 0) is 11.0 Å². The van der Waals surface area contributed by atoms with Crippen LogP contribution in [0.2, 0.25) is 0 Å². The second-order valence-electron chi connectivity index (χ2n) is 6.54. The molecular weight excluding hydrogens is 319 g/mol. The van der Waals surface area contributed by atoms with E-state index in [2.05, 4.69) is 10.2 Å². The second kappa shape index (κ2) is 7.42. The Hall–Kier alpha value is -1.76. The highest BCUT2D eigenvalue weighted by atomic mass is 19.4. The van der Waals surface area contributed by atoms with E-state index >= 15 is 0 Å². The molecular formula is C17H24F3N3O. The summed E-state index contributed by atoms with van der Waals surface area (Å²) >= 11 is 0. The number of nitrogens with zero attached hydrogens (tertiary/aromatic N) is 2. The third-order valence-electron chi connectivity index (χ3n) is 4.25. The Balaban J connectivity index is 1.87. The van der Waals surface area contributed by atoms with E-state index in [1.54, 1.807) is 19.0 Å². The van der Waals surface area contributed by atoms with E-state index in [0.717, 1.165) is 37.3 Å². The van der Waals surface area contributed by atoms with Gasteiger partial charge in [0.1, 0.15) is 0 Å². The molecule has 0 radical (unpaired) electrons. The van der Waals surface area contributed by atoms with Crippen LogP contribution in [0.3, 0.4) is 0 Å². The quantitative estimate of drug-likeness (QED) is 0.893. The summed E-state index contributed by atoms with van der Waals surface area (Å²) in [5.41, 5.74) is 0.167. The number of halogens is 3. The number of hydrogen-bond donors (Lipinski definition) is 1. The highest BCUT2D eigenvalue weighted by molar-refractivity contribution is 5.76. The average molecular weight is 343 g/mol. The molecule has 0 aromatic heterocycles. The van der Waals surface area contributed by atoms with Crippen molar-refractivity contribution in [2.75, 3.05) is 32.1 Å². The summed E-state index contributed by atoms with van der Waals surface area (Å²) in [6.07, 6.45) is -2.96. The maximum absolute atomic E-state index is 12.6. The number of carbonyl (C=O) groups excluding carboxylic acids is 1. The zero-order valence-electron chi connectivity index (χ0n) is 14.2. The summed E-state index contributed by atoms with van der Waals surface area (Å²) in [6.45, 7) is 3.49. The maximum atomic E-state index is 12.6. The van der Waals surface area contributed by atoms with Gasteiger partial charge in [-0.2, -0.15) is 13.2 Å². The first-order chi connectivity index (χ1) is 11.2. The van der Waals surface area contributed by atoms with Gasteiger partial charge in [-0.25, -0.2) is 0 Å². The molecule has 1 aromatic carbocycles. The standard InChI is InChI=1S/C17H24F3N3O/c1-12(10-16(24)22(2)3)21-14-8-9-23(11-14)15-6-4-13(5-7-15)17(18,19)20/h4-7,12,14,21H,8-11H2,1-3H3/t12-,14-/m0/s1. The van der Waals surface area contributed by atoms with E-state index in [1.165, 1.54) is 12.1 Å². The minimum absolute atomic E-state index is 0.0671. The third kappa shape index (κ3) is 4.87. The van der Waals surface area contributed by atoms with Crippen LogP contribution in [0.5, 0.6) is 0 Å². The van der Waals surface area contributed by atoms with Gasteiger partial charge < -0.3 is 15.1 Å². The first-order valence-electron chi connectivity index (χ1n) is 8.05. The van der Waals surface area contributed by atoms with Gasteiger partial charge in [0, 0.05) is 51.4 Å². The largest absolute Gasteiger partial charge is 0.416 e. The van der Waals surface area contributed by atoms with Crippen LogP contribution in [0.1, 0.15) is 25.3 Å². The molecule has 1 saturated heterocycles. The Bertz CT molecular complexity index is 557. The molecule has 1 fully saturated rings. The third-order valence-corrected chi connectivity index (χ3v) is 4.25. The Labute approximate surface area is 140 Å². The van der Waals surface area contributed by atoms with Crippen LogP contribution in [0.4, 0.5) is 18.9 Å². The van der Waals surface area contributed by atoms with E-state index < -0.39 is 11.7 Å². The second-order valence-corrected chi connectivity index (χ2v) is 6.54. The van der Waals surface area contributed by atoms with Gasteiger partial charge in [0.05, 0.1) is 5.56 Å². The molecule has 0 saturated carbocycles. The Morgan fingerprint density at radius 3 is 2.50 bits per heavy atom. The zero-order chi connectivity index (χ0) is 17.9. The summed E-state index contributed by atoms with van der Waals surface area (Å²) < 4.78 is 37.8. The van der Waals surface area contributed by atoms with Crippen molar-refractivity contribution in [3.8, 4) is 0 Å². The minimum Gasteiger partial charge on any atom is -0.370 e. The first-order valence-corrected chi connectivity index (χ1v) is 8.05. The van der Waals surface area contributed by atoms with E-state index in [0.29, 0.717) is 6.42 Å². The highest BCUT2D eigenvalue weighted by Crippen LogP contribution is 2.31. The topological polar surface area (TPSA) is 35.6 Å². The van der Waals surface area contributed by atoms with Gasteiger partial charge in [0.15, 0.2) is 0 Å². The predicted molar refractivity (Wildman–Crippen MR) is 88.0 cm³/mol. The average Bonchev–Trinajstić information content (AvgIpc) is 2.94. The van der Waals surface area contributed by atoms with Crippen LogP contribution in [-0.4, -0.2) is 50.1 Å². The molecule has 0 bridgehead atoms. The molecule has 1 aliphatic rings. The summed E-state index contributed by atoms with van der Waals surface area (Å²) in [6, 6.07) is 5.58. The van der Waals surface area contributed by atoms with Crippen molar-refractivity contribution < 1.29 is 18.0 Å². The van der Waals surface area contributed by atoms with Gasteiger partial charge in [0.25, 0.3) is 0 Å². The molecule has 0 unspecified atom stereocenters. The lowest BCUT2D eigenvalue weighted by Gasteiger charge is -2.22. The van der Waals surface area contributed by atoms with Gasteiger partial charge in [0.2, 0.25) is 5.91 Å². The van der Waals surface area contributed by atoms with Crippen molar-refractivity contribution >= 4 is 11.6 Å². The fourth-order valence-electron chi connectivity index (χ4n) is 2.90. The molecule has 1 heterocycles. The van der Waals surface area contributed by atoms with Crippen molar-refractivity contribution in [2.45, 2.75) is 38.0 Å². The SMILES string of the molecule is C[C@@H](CC(=O)N(C)C)N[C@H]1CCN(c2ccc(C(F)(F)F)cc2)C1. The number of benzene rings is 1. The smallest absolute Gasteiger partial charge is 0.370 e. The predicted octanol–water partition coefficient (Wildman–Crippen LogP) is 2.74. The number of hydrogen-bond acceptors (Lipinski definition) is 3. The monoisotopic (exact) mass is 343 g/mol. The molecule has 0 spiro atoms. The molecule has 24 heavy (non-hydrogen) atoms. The molecule has 2 rings (SSSR count). The molecule has 1 N–H and O–H groups in total. The van der Waals surface area contributed by atoms with Crippen LogP contribution < -0.4 is 10.2 Å². The molecule has 7 heteroatoms. The number of nitrogens with one attached hydrogen (secondary N) is 1. The number of alkyl halides is 3. The van der Waals surface area contributed by atoms with Gasteiger partial charge in [-0.1, -0.05) is 0 Å². The van der Waals surface area contributed by atoms with Crippen LogP contribution in [0.15, 0.2) is 24.3 Å². The molecule has 2 atom stereocenters. The van der Waals surface area contributed by atoms with E-state index in [4.69, 9.17) is 0 Å². The molecule has 134 valence electrons. The van der Waals surface area contributed by atoms with E-state index in [1.807, 2.05) is 6.92 Å². The molecule has 1 amide bonds. The molecule has 1 aliphatic heterocycles. The zero-order valence-corrected chi connectivity index (χ0v) is 14.2.